The summed E-state index contributed by atoms with van der Waals surface area (Å²) < 4.78 is 6.81. The van der Waals surface area contributed by atoms with E-state index in [1.54, 1.807) is 10.7 Å². The summed E-state index contributed by atoms with van der Waals surface area (Å²) in [5.41, 5.74) is 2.28. The van der Waals surface area contributed by atoms with Crippen molar-refractivity contribution in [3.8, 4) is 0 Å². The molecule has 184 valence electrons. The summed E-state index contributed by atoms with van der Waals surface area (Å²) in [5.74, 6) is -0.491. The third-order valence-corrected chi connectivity index (χ3v) is 6.36. The average Bonchev–Trinajstić information content (AvgIpc) is 3.33. The lowest BCUT2D eigenvalue weighted by Crippen LogP contribution is -2.39. The molecule has 0 radical (unpaired) electrons. The summed E-state index contributed by atoms with van der Waals surface area (Å²) in [4.78, 5) is 24.4. The number of ether oxygens (including phenoxy) is 1. The summed E-state index contributed by atoms with van der Waals surface area (Å²) in [6, 6.07) is 34.2. The van der Waals surface area contributed by atoms with Crippen molar-refractivity contribution < 1.29 is 14.5 Å². The Bertz CT molecular complexity index is 1450. The molecule has 0 unspecified atom stereocenters. The molecule has 37 heavy (non-hydrogen) atoms. The number of carbonyl (C=O) groups is 1. The standard InChI is InChI=1S/C29H24N4O4/c1-37-20-30-28(34)27-25-19-24(33(35)36)17-18-26(25)32(31-27)29(21-11-5-2-6-12-21,22-13-7-3-8-14-22)23-15-9-4-10-16-23/h2-19H,20H2,1H3,(H,30,34). The summed E-state index contributed by atoms with van der Waals surface area (Å²) in [6.45, 7) is -0.0245. The maximum atomic E-state index is 13.2. The van der Waals surface area contributed by atoms with Crippen LogP contribution in [0.25, 0.3) is 10.9 Å². The zero-order valence-corrected chi connectivity index (χ0v) is 20.1. The van der Waals surface area contributed by atoms with Crippen LogP contribution in [0.3, 0.4) is 0 Å². The maximum absolute atomic E-state index is 13.2. The van der Waals surface area contributed by atoms with Gasteiger partial charge in [0.15, 0.2) is 5.69 Å². The molecule has 5 rings (SSSR count). The van der Waals surface area contributed by atoms with Gasteiger partial charge >= 0.3 is 0 Å². The molecule has 0 atom stereocenters. The van der Waals surface area contributed by atoms with Crippen LogP contribution in [-0.2, 0) is 10.3 Å². The quantitative estimate of drug-likeness (QED) is 0.140. The molecule has 0 saturated carbocycles. The van der Waals surface area contributed by atoms with Crippen molar-refractivity contribution in [3.05, 3.63) is 142 Å². The second kappa shape index (κ2) is 10.0. The van der Waals surface area contributed by atoms with Crippen LogP contribution in [0.1, 0.15) is 27.2 Å². The highest BCUT2D eigenvalue weighted by Gasteiger charge is 2.41. The molecule has 1 heterocycles. The minimum absolute atomic E-state index is 0.0245. The number of rotatable bonds is 8. The lowest BCUT2D eigenvalue weighted by atomic mass is 9.77. The molecule has 0 spiro atoms. The van der Waals surface area contributed by atoms with Gasteiger partial charge in [0.25, 0.3) is 11.6 Å². The summed E-state index contributed by atoms with van der Waals surface area (Å²) in [6.07, 6.45) is 0. The van der Waals surface area contributed by atoms with Gasteiger partial charge in [-0.25, -0.2) is 4.68 Å². The fourth-order valence-electron chi connectivity index (χ4n) is 4.77. The van der Waals surface area contributed by atoms with E-state index in [1.807, 2.05) is 91.0 Å². The first-order valence-corrected chi connectivity index (χ1v) is 11.7. The number of nitro groups is 1. The molecule has 0 saturated heterocycles. The van der Waals surface area contributed by atoms with Crippen LogP contribution in [0.4, 0.5) is 5.69 Å². The van der Waals surface area contributed by atoms with E-state index in [-0.39, 0.29) is 18.1 Å². The SMILES string of the molecule is COCNC(=O)c1nn(C(c2ccccc2)(c2ccccc2)c2ccccc2)c2ccc([N+](=O)[O-])cc12. The number of aromatic nitrogens is 2. The van der Waals surface area contributed by atoms with Gasteiger partial charge in [-0.3, -0.25) is 14.9 Å². The first-order valence-electron chi connectivity index (χ1n) is 11.7. The highest BCUT2D eigenvalue weighted by atomic mass is 16.6. The number of hydrogen-bond donors (Lipinski definition) is 1. The van der Waals surface area contributed by atoms with E-state index in [4.69, 9.17) is 9.84 Å². The Kier molecular flexibility index (Phi) is 6.49. The number of nitrogens with zero attached hydrogens (tertiary/aromatic N) is 3. The number of nitro benzene ring substituents is 1. The van der Waals surface area contributed by atoms with Gasteiger partial charge in [-0.1, -0.05) is 91.0 Å². The third-order valence-electron chi connectivity index (χ3n) is 6.36. The molecular weight excluding hydrogens is 468 g/mol. The van der Waals surface area contributed by atoms with Crippen molar-refractivity contribution in [2.75, 3.05) is 13.8 Å². The molecule has 1 aromatic heterocycles. The topological polar surface area (TPSA) is 99.3 Å². The normalized spacial score (nSPS) is 11.4. The van der Waals surface area contributed by atoms with Crippen molar-refractivity contribution in [2.24, 2.45) is 0 Å². The lowest BCUT2D eigenvalue weighted by Gasteiger charge is -2.37. The fourth-order valence-corrected chi connectivity index (χ4v) is 4.77. The molecule has 8 nitrogen and oxygen atoms in total. The highest BCUT2D eigenvalue weighted by molar-refractivity contribution is 6.05. The summed E-state index contributed by atoms with van der Waals surface area (Å²) in [7, 11) is 1.47. The van der Waals surface area contributed by atoms with E-state index in [0.717, 1.165) is 16.7 Å². The van der Waals surface area contributed by atoms with Crippen LogP contribution in [0.2, 0.25) is 0 Å². The maximum Gasteiger partial charge on any atom is 0.274 e. The van der Waals surface area contributed by atoms with E-state index in [9.17, 15) is 14.9 Å². The number of fused-ring (bicyclic) bond motifs is 1. The van der Waals surface area contributed by atoms with Crippen LogP contribution >= 0.6 is 0 Å². The molecule has 8 heteroatoms. The Labute approximate surface area is 213 Å². The molecule has 0 fully saturated rings. The van der Waals surface area contributed by atoms with Gasteiger partial charge in [-0.15, -0.1) is 0 Å². The number of nitrogens with one attached hydrogen (secondary N) is 1. The lowest BCUT2D eigenvalue weighted by molar-refractivity contribution is -0.384. The van der Waals surface area contributed by atoms with Crippen LogP contribution in [-0.4, -0.2) is 34.5 Å². The summed E-state index contributed by atoms with van der Waals surface area (Å²) in [5, 5.41) is 19.5. The Morgan fingerprint density at radius 1 is 0.892 bits per heavy atom. The zero-order chi connectivity index (χ0) is 25.8. The fraction of sp³-hybridized carbons (Fsp3) is 0.103. The predicted octanol–water partition coefficient (Wildman–Crippen LogP) is 5.12. The number of methoxy groups -OCH3 is 1. The molecule has 0 bridgehead atoms. The van der Waals surface area contributed by atoms with Crippen molar-refractivity contribution in [2.45, 2.75) is 5.54 Å². The van der Waals surface area contributed by atoms with Crippen molar-refractivity contribution >= 4 is 22.5 Å². The number of carbonyl (C=O) groups excluding carboxylic acids is 1. The smallest absolute Gasteiger partial charge is 0.274 e. The Hall–Kier alpha value is -4.82. The largest absolute Gasteiger partial charge is 0.364 e. The van der Waals surface area contributed by atoms with Crippen molar-refractivity contribution in [3.63, 3.8) is 0 Å². The zero-order valence-electron chi connectivity index (χ0n) is 20.1. The molecule has 1 amide bonds. The number of benzene rings is 4. The molecule has 0 aliphatic carbocycles. The van der Waals surface area contributed by atoms with Gasteiger partial charge in [0.05, 0.1) is 10.4 Å². The summed E-state index contributed by atoms with van der Waals surface area (Å²) >= 11 is 0. The van der Waals surface area contributed by atoms with Crippen LogP contribution in [0.5, 0.6) is 0 Å². The van der Waals surface area contributed by atoms with Gasteiger partial charge in [-0.05, 0) is 22.8 Å². The van der Waals surface area contributed by atoms with Gasteiger partial charge < -0.3 is 10.1 Å². The molecule has 5 aromatic rings. The van der Waals surface area contributed by atoms with Gasteiger partial charge in [-0.2, -0.15) is 5.10 Å². The van der Waals surface area contributed by atoms with Gasteiger partial charge in [0, 0.05) is 24.6 Å². The number of amides is 1. The van der Waals surface area contributed by atoms with E-state index in [1.165, 1.54) is 19.2 Å². The second-order valence-electron chi connectivity index (χ2n) is 8.47. The number of non-ortho nitro benzene ring substituents is 1. The third kappa shape index (κ3) is 4.13. The first-order chi connectivity index (χ1) is 18.1. The average molecular weight is 493 g/mol. The monoisotopic (exact) mass is 492 g/mol. The van der Waals surface area contributed by atoms with Crippen LogP contribution < -0.4 is 5.32 Å². The minimum Gasteiger partial charge on any atom is -0.364 e. The molecule has 0 aliphatic heterocycles. The van der Waals surface area contributed by atoms with Crippen LogP contribution in [0.15, 0.2) is 109 Å². The molecule has 1 N–H and O–H groups in total. The Morgan fingerprint density at radius 2 is 1.41 bits per heavy atom. The highest BCUT2D eigenvalue weighted by Crippen LogP contribution is 2.43. The molecule has 4 aromatic carbocycles. The first kappa shape index (κ1) is 23.9. The van der Waals surface area contributed by atoms with E-state index < -0.39 is 16.4 Å². The van der Waals surface area contributed by atoms with Crippen LogP contribution in [0, 0.1) is 10.1 Å². The number of hydrogen-bond acceptors (Lipinski definition) is 5. The predicted molar refractivity (Wildman–Crippen MR) is 140 cm³/mol. The van der Waals surface area contributed by atoms with Gasteiger partial charge in [0.1, 0.15) is 12.3 Å². The van der Waals surface area contributed by atoms with E-state index >= 15 is 0 Å². The Morgan fingerprint density at radius 3 is 1.86 bits per heavy atom. The van der Waals surface area contributed by atoms with E-state index in [2.05, 4.69) is 5.32 Å². The molecular formula is C29H24N4O4. The van der Waals surface area contributed by atoms with Crippen molar-refractivity contribution in [1.29, 1.82) is 0 Å². The van der Waals surface area contributed by atoms with E-state index in [0.29, 0.717) is 10.9 Å². The Balaban J connectivity index is 1.93. The second-order valence-corrected chi connectivity index (χ2v) is 8.47. The van der Waals surface area contributed by atoms with Crippen molar-refractivity contribution in [1.82, 2.24) is 15.1 Å². The van der Waals surface area contributed by atoms with Gasteiger partial charge in [0.2, 0.25) is 0 Å². The molecule has 0 aliphatic rings. The minimum atomic E-state index is -0.988.